The molecular formula is C13H17N3O5. The van der Waals surface area contributed by atoms with E-state index in [0.29, 0.717) is 0 Å². The minimum absolute atomic E-state index is 0.0293. The Morgan fingerprint density at radius 1 is 1.38 bits per heavy atom. The molecule has 1 aromatic rings. The summed E-state index contributed by atoms with van der Waals surface area (Å²) in [7, 11) is 0. The molecule has 8 heteroatoms. The topological polar surface area (TPSA) is 122 Å². The van der Waals surface area contributed by atoms with Crippen molar-refractivity contribution in [2.45, 2.75) is 26.3 Å². The van der Waals surface area contributed by atoms with E-state index in [0.717, 1.165) is 6.07 Å². The lowest BCUT2D eigenvalue weighted by Gasteiger charge is -2.10. The molecule has 8 nitrogen and oxygen atoms in total. The molecule has 0 saturated carbocycles. The zero-order valence-corrected chi connectivity index (χ0v) is 11.8. The highest BCUT2D eigenvalue weighted by molar-refractivity contribution is 5.89. The van der Waals surface area contributed by atoms with Gasteiger partial charge in [0, 0.05) is 25.1 Å². The Balaban J connectivity index is 2.73. The Morgan fingerprint density at radius 2 is 2.05 bits per heavy atom. The monoisotopic (exact) mass is 295 g/mol. The fourth-order valence-electron chi connectivity index (χ4n) is 1.67. The highest BCUT2D eigenvalue weighted by atomic mass is 16.6. The molecular weight excluding hydrogens is 278 g/mol. The van der Waals surface area contributed by atoms with Crippen LogP contribution in [0.5, 0.6) is 0 Å². The summed E-state index contributed by atoms with van der Waals surface area (Å²) in [5.41, 5.74) is -0.314. The lowest BCUT2D eigenvalue weighted by Crippen LogP contribution is -2.31. The zero-order chi connectivity index (χ0) is 16.0. The summed E-state index contributed by atoms with van der Waals surface area (Å²) in [5.74, 6) is -1.40. The number of amides is 1. The SMILES string of the molecule is CC(C)NC(=O)CCNc1ccc(C(=O)O)cc1[N+](=O)[O-]. The maximum Gasteiger partial charge on any atom is 0.335 e. The average Bonchev–Trinajstić information content (AvgIpc) is 2.37. The molecule has 0 aliphatic heterocycles. The van der Waals surface area contributed by atoms with Gasteiger partial charge in [0.15, 0.2) is 0 Å². The van der Waals surface area contributed by atoms with Crippen LogP contribution < -0.4 is 10.6 Å². The van der Waals surface area contributed by atoms with Gasteiger partial charge in [-0.15, -0.1) is 0 Å². The fourth-order valence-corrected chi connectivity index (χ4v) is 1.67. The predicted molar refractivity (Wildman–Crippen MR) is 76.4 cm³/mol. The summed E-state index contributed by atoms with van der Waals surface area (Å²) < 4.78 is 0. The van der Waals surface area contributed by atoms with Crippen LogP contribution >= 0.6 is 0 Å². The van der Waals surface area contributed by atoms with Crippen molar-refractivity contribution in [3.8, 4) is 0 Å². The number of nitro groups is 1. The summed E-state index contributed by atoms with van der Waals surface area (Å²) in [6, 6.07) is 3.61. The third-order valence-corrected chi connectivity index (χ3v) is 2.56. The van der Waals surface area contributed by atoms with E-state index in [1.165, 1.54) is 12.1 Å². The van der Waals surface area contributed by atoms with Gasteiger partial charge in [-0.2, -0.15) is 0 Å². The zero-order valence-electron chi connectivity index (χ0n) is 11.8. The number of carbonyl (C=O) groups excluding carboxylic acids is 1. The van der Waals surface area contributed by atoms with Gasteiger partial charge < -0.3 is 15.7 Å². The Labute approximate surface area is 121 Å². The summed E-state index contributed by atoms with van der Waals surface area (Å²) in [5, 5.41) is 25.2. The highest BCUT2D eigenvalue weighted by Crippen LogP contribution is 2.25. The van der Waals surface area contributed by atoms with E-state index in [1.807, 2.05) is 13.8 Å². The lowest BCUT2D eigenvalue weighted by molar-refractivity contribution is -0.384. The van der Waals surface area contributed by atoms with Crippen molar-refractivity contribution in [3.63, 3.8) is 0 Å². The molecule has 0 atom stereocenters. The molecule has 0 aliphatic carbocycles. The number of nitrogens with one attached hydrogen (secondary N) is 2. The summed E-state index contributed by atoms with van der Waals surface area (Å²) in [4.78, 5) is 32.5. The number of carboxylic acid groups (broad SMARTS) is 1. The molecule has 0 spiro atoms. The molecule has 21 heavy (non-hydrogen) atoms. The van der Waals surface area contributed by atoms with E-state index in [4.69, 9.17) is 5.11 Å². The van der Waals surface area contributed by atoms with Crippen LogP contribution in [0, 0.1) is 10.1 Å². The molecule has 3 N–H and O–H groups in total. The van der Waals surface area contributed by atoms with Crippen molar-refractivity contribution in [1.29, 1.82) is 0 Å². The van der Waals surface area contributed by atoms with E-state index in [9.17, 15) is 19.7 Å². The van der Waals surface area contributed by atoms with Gasteiger partial charge in [-0.1, -0.05) is 0 Å². The standard InChI is InChI=1S/C13H17N3O5/c1-8(2)15-12(17)5-6-14-10-4-3-9(13(18)19)7-11(10)16(20)21/h3-4,7-8,14H,5-6H2,1-2H3,(H,15,17)(H,18,19). The van der Waals surface area contributed by atoms with E-state index in [-0.39, 0.29) is 41.9 Å². The molecule has 0 unspecified atom stereocenters. The highest BCUT2D eigenvalue weighted by Gasteiger charge is 2.17. The maximum atomic E-state index is 11.4. The Morgan fingerprint density at radius 3 is 2.57 bits per heavy atom. The summed E-state index contributed by atoms with van der Waals surface area (Å²) >= 11 is 0. The van der Waals surface area contributed by atoms with Crippen LogP contribution in [0.25, 0.3) is 0 Å². The number of nitrogens with zero attached hydrogens (tertiary/aromatic N) is 1. The first kappa shape index (κ1) is 16.4. The Hall–Kier alpha value is -2.64. The second-order valence-corrected chi connectivity index (χ2v) is 4.69. The van der Waals surface area contributed by atoms with Crippen LogP contribution in [0.1, 0.15) is 30.6 Å². The van der Waals surface area contributed by atoms with Gasteiger partial charge >= 0.3 is 5.97 Å². The van der Waals surface area contributed by atoms with Crippen LogP contribution in [-0.2, 0) is 4.79 Å². The van der Waals surface area contributed by atoms with Gasteiger partial charge in [0.25, 0.3) is 5.69 Å². The lowest BCUT2D eigenvalue weighted by atomic mass is 10.1. The van der Waals surface area contributed by atoms with Crippen molar-refractivity contribution in [1.82, 2.24) is 5.32 Å². The molecule has 0 fully saturated rings. The van der Waals surface area contributed by atoms with E-state index in [2.05, 4.69) is 10.6 Å². The maximum absolute atomic E-state index is 11.4. The normalized spacial score (nSPS) is 10.2. The Kier molecular flexibility index (Phi) is 5.65. The number of anilines is 1. The second-order valence-electron chi connectivity index (χ2n) is 4.69. The largest absolute Gasteiger partial charge is 0.478 e. The third kappa shape index (κ3) is 5.09. The van der Waals surface area contributed by atoms with Crippen LogP contribution in [-0.4, -0.2) is 34.5 Å². The number of rotatable bonds is 7. The van der Waals surface area contributed by atoms with Crippen LogP contribution in [0.2, 0.25) is 0 Å². The van der Waals surface area contributed by atoms with Crippen LogP contribution in [0.15, 0.2) is 18.2 Å². The van der Waals surface area contributed by atoms with Gasteiger partial charge in [0.1, 0.15) is 5.69 Å². The van der Waals surface area contributed by atoms with Gasteiger partial charge in [-0.25, -0.2) is 4.79 Å². The molecule has 0 radical (unpaired) electrons. The predicted octanol–water partition coefficient (Wildman–Crippen LogP) is 1.62. The van der Waals surface area contributed by atoms with Crippen LogP contribution in [0.3, 0.4) is 0 Å². The summed E-state index contributed by atoms with van der Waals surface area (Å²) in [6.45, 7) is 3.88. The molecule has 0 aromatic heterocycles. The van der Waals surface area contributed by atoms with Crippen LogP contribution in [0.4, 0.5) is 11.4 Å². The fraction of sp³-hybridized carbons (Fsp3) is 0.385. The van der Waals surface area contributed by atoms with Crippen molar-refractivity contribution in [2.75, 3.05) is 11.9 Å². The number of hydrogen-bond acceptors (Lipinski definition) is 5. The van der Waals surface area contributed by atoms with Gasteiger partial charge in [0.05, 0.1) is 10.5 Å². The molecule has 1 aromatic carbocycles. The van der Waals surface area contributed by atoms with Crippen molar-refractivity contribution >= 4 is 23.3 Å². The van der Waals surface area contributed by atoms with E-state index in [1.54, 1.807) is 0 Å². The minimum Gasteiger partial charge on any atom is -0.478 e. The molecule has 114 valence electrons. The quantitative estimate of drug-likeness (QED) is 0.519. The molecule has 0 saturated heterocycles. The molecule has 1 rings (SSSR count). The van der Waals surface area contributed by atoms with Crippen molar-refractivity contribution in [2.24, 2.45) is 0 Å². The molecule has 0 heterocycles. The van der Waals surface area contributed by atoms with Gasteiger partial charge in [0.2, 0.25) is 5.91 Å². The molecule has 1 amide bonds. The second kappa shape index (κ2) is 7.22. The average molecular weight is 295 g/mol. The smallest absolute Gasteiger partial charge is 0.335 e. The number of benzene rings is 1. The number of aromatic carboxylic acids is 1. The summed E-state index contributed by atoms with van der Waals surface area (Å²) in [6.07, 6.45) is 0.163. The van der Waals surface area contributed by atoms with Crippen molar-refractivity contribution in [3.05, 3.63) is 33.9 Å². The first-order valence-electron chi connectivity index (χ1n) is 6.36. The number of carboxylic acids is 1. The van der Waals surface area contributed by atoms with E-state index < -0.39 is 10.9 Å². The van der Waals surface area contributed by atoms with Gasteiger partial charge in [-0.05, 0) is 26.0 Å². The van der Waals surface area contributed by atoms with Gasteiger partial charge in [-0.3, -0.25) is 14.9 Å². The third-order valence-electron chi connectivity index (χ3n) is 2.56. The Bertz CT molecular complexity index is 557. The molecule has 0 aliphatic rings. The van der Waals surface area contributed by atoms with E-state index >= 15 is 0 Å². The first-order chi connectivity index (χ1) is 9.81. The number of hydrogen-bond donors (Lipinski definition) is 3. The number of nitro benzene ring substituents is 1. The molecule has 0 bridgehead atoms. The van der Waals surface area contributed by atoms with Crippen molar-refractivity contribution < 1.29 is 19.6 Å². The number of carbonyl (C=O) groups is 2. The first-order valence-corrected chi connectivity index (χ1v) is 6.36. The minimum atomic E-state index is -1.24.